The SMILES string of the molecule is O=S(=O)(NCC1CCCCN1)c1ccc(Br)cc1. The number of nitrogens with one attached hydrogen (secondary N) is 2. The van der Waals surface area contributed by atoms with Crippen molar-refractivity contribution in [1.29, 1.82) is 0 Å². The highest BCUT2D eigenvalue weighted by atomic mass is 79.9. The number of hydrogen-bond acceptors (Lipinski definition) is 3. The van der Waals surface area contributed by atoms with Crippen LogP contribution in [0.5, 0.6) is 0 Å². The van der Waals surface area contributed by atoms with Crippen LogP contribution >= 0.6 is 15.9 Å². The van der Waals surface area contributed by atoms with E-state index in [9.17, 15) is 8.42 Å². The molecule has 1 unspecified atom stereocenters. The molecular weight excluding hydrogens is 316 g/mol. The third-order valence-electron chi connectivity index (χ3n) is 3.06. The van der Waals surface area contributed by atoms with E-state index in [0.29, 0.717) is 11.4 Å². The lowest BCUT2D eigenvalue weighted by Crippen LogP contribution is -2.43. The van der Waals surface area contributed by atoms with Crippen LogP contribution in [0.2, 0.25) is 0 Å². The number of rotatable bonds is 4. The van der Waals surface area contributed by atoms with Crippen LogP contribution in [0.1, 0.15) is 19.3 Å². The van der Waals surface area contributed by atoms with Crippen LogP contribution in [0.3, 0.4) is 0 Å². The molecule has 1 atom stereocenters. The number of sulfonamides is 1. The molecule has 1 heterocycles. The molecule has 1 aliphatic heterocycles. The van der Waals surface area contributed by atoms with Crippen molar-refractivity contribution in [3.63, 3.8) is 0 Å². The lowest BCUT2D eigenvalue weighted by atomic mass is 10.1. The minimum Gasteiger partial charge on any atom is -0.313 e. The minimum absolute atomic E-state index is 0.254. The highest BCUT2D eigenvalue weighted by molar-refractivity contribution is 9.10. The topological polar surface area (TPSA) is 58.2 Å². The molecule has 0 aromatic heterocycles. The van der Waals surface area contributed by atoms with E-state index < -0.39 is 10.0 Å². The van der Waals surface area contributed by atoms with Crippen molar-refractivity contribution in [2.75, 3.05) is 13.1 Å². The third kappa shape index (κ3) is 3.78. The highest BCUT2D eigenvalue weighted by Gasteiger charge is 2.18. The molecule has 100 valence electrons. The van der Waals surface area contributed by atoms with Crippen molar-refractivity contribution in [1.82, 2.24) is 10.0 Å². The Balaban J connectivity index is 1.96. The summed E-state index contributed by atoms with van der Waals surface area (Å²) in [6, 6.07) is 6.91. The molecule has 0 amide bonds. The molecular formula is C12H17BrN2O2S. The maximum atomic E-state index is 12.0. The summed E-state index contributed by atoms with van der Waals surface area (Å²) in [4.78, 5) is 0.307. The van der Waals surface area contributed by atoms with Crippen LogP contribution < -0.4 is 10.0 Å². The van der Waals surface area contributed by atoms with E-state index in [0.717, 1.165) is 23.9 Å². The first-order valence-electron chi connectivity index (χ1n) is 6.06. The summed E-state index contributed by atoms with van der Waals surface area (Å²) in [5, 5.41) is 3.32. The van der Waals surface area contributed by atoms with Crippen LogP contribution in [-0.2, 0) is 10.0 Å². The van der Waals surface area contributed by atoms with Crippen LogP contribution in [0, 0.1) is 0 Å². The standard InChI is InChI=1S/C12H17BrN2O2S/c13-10-4-6-12(7-5-10)18(16,17)15-9-11-3-1-2-8-14-11/h4-7,11,14-15H,1-3,8-9H2. The molecule has 18 heavy (non-hydrogen) atoms. The maximum absolute atomic E-state index is 12.0. The van der Waals surface area contributed by atoms with Crippen molar-refractivity contribution >= 4 is 26.0 Å². The van der Waals surface area contributed by atoms with Crippen LogP contribution in [0.4, 0.5) is 0 Å². The Kier molecular flexibility index (Phi) is 4.77. The van der Waals surface area contributed by atoms with Crippen molar-refractivity contribution in [2.45, 2.75) is 30.2 Å². The predicted octanol–water partition coefficient (Wildman–Crippen LogP) is 1.87. The fraction of sp³-hybridized carbons (Fsp3) is 0.500. The van der Waals surface area contributed by atoms with Gasteiger partial charge in [-0.2, -0.15) is 0 Å². The van der Waals surface area contributed by atoms with Gasteiger partial charge in [0.15, 0.2) is 0 Å². The van der Waals surface area contributed by atoms with Gasteiger partial charge < -0.3 is 5.32 Å². The van der Waals surface area contributed by atoms with Crippen LogP contribution in [0.25, 0.3) is 0 Å². The molecule has 0 saturated carbocycles. The summed E-state index contributed by atoms with van der Waals surface area (Å²) in [5.74, 6) is 0. The van der Waals surface area contributed by atoms with E-state index in [2.05, 4.69) is 26.0 Å². The van der Waals surface area contributed by atoms with Crippen LogP contribution in [0.15, 0.2) is 33.6 Å². The summed E-state index contributed by atoms with van der Waals surface area (Å²) in [6.45, 7) is 1.43. The Morgan fingerprint density at radius 2 is 2.00 bits per heavy atom. The molecule has 6 heteroatoms. The lowest BCUT2D eigenvalue weighted by molar-refractivity contribution is 0.398. The Hall–Kier alpha value is -0.430. The first-order valence-corrected chi connectivity index (χ1v) is 8.34. The molecule has 2 rings (SSSR count). The molecule has 0 radical (unpaired) electrons. The fourth-order valence-corrected chi connectivity index (χ4v) is 3.35. The Labute approximate surface area is 116 Å². The largest absolute Gasteiger partial charge is 0.313 e. The summed E-state index contributed by atoms with van der Waals surface area (Å²) in [7, 11) is -3.39. The Morgan fingerprint density at radius 1 is 1.28 bits per heavy atom. The normalized spacial score (nSPS) is 20.8. The zero-order valence-electron chi connectivity index (χ0n) is 10.0. The van der Waals surface area contributed by atoms with Crippen LogP contribution in [-0.4, -0.2) is 27.5 Å². The van der Waals surface area contributed by atoms with E-state index in [1.165, 1.54) is 6.42 Å². The van der Waals surface area contributed by atoms with Crippen molar-refractivity contribution < 1.29 is 8.42 Å². The maximum Gasteiger partial charge on any atom is 0.240 e. The molecule has 4 nitrogen and oxygen atoms in total. The van der Waals surface area contributed by atoms with E-state index in [4.69, 9.17) is 0 Å². The summed E-state index contributed by atoms with van der Waals surface area (Å²) in [5.41, 5.74) is 0. The molecule has 1 aromatic rings. The fourth-order valence-electron chi connectivity index (χ4n) is 2.01. The molecule has 0 bridgehead atoms. The highest BCUT2D eigenvalue weighted by Crippen LogP contribution is 2.14. The summed E-state index contributed by atoms with van der Waals surface area (Å²) in [6.07, 6.45) is 3.37. The molecule has 0 spiro atoms. The van der Waals surface area contributed by atoms with E-state index in [-0.39, 0.29) is 6.04 Å². The second-order valence-electron chi connectivity index (χ2n) is 4.45. The van der Waals surface area contributed by atoms with Gasteiger partial charge in [-0.15, -0.1) is 0 Å². The smallest absolute Gasteiger partial charge is 0.240 e. The minimum atomic E-state index is -3.39. The Morgan fingerprint density at radius 3 is 2.61 bits per heavy atom. The van der Waals surface area contributed by atoms with Gasteiger partial charge >= 0.3 is 0 Å². The second kappa shape index (κ2) is 6.14. The molecule has 1 saturated heterocycles. The first-order chi connectivity index (χ1) is 8.58. The lowest BCUT2D eigenvalue weighted by Gasteiger charge is -2.23. The number of benzene rings is 1. The second-order valence-corrected chi connectivity index (χ2v) is 7.14. The average Bonchev–Trinajstić information content (AvgIpc) is 2.38. The molecule has 0 aliphatic carbocycles. The predicted molar refractivity (Wildman–Crippen MR) is 75.0 cm³/mol. The zero-order valence-corrected chi connectivity index (χ0v) is 12.4. The average molecular weight is 333 g/mol. The van der Waals surface area contributed by atoms with Gasteiger partial charge in [-0.1, -0.05) is 22.4 Å². The molecule has 1 aliphatic rings. The van der Waals surface area contributed by atoms with Crippen molar-refractivity contribution in [3.8, 4) is 0 Å². The van der Waals surface area contributed by atoms with E-state index in [1.807, 2.05) is 0 Å². The van der Waals surface area contributed by atoms with E-state index in [1.54, 1.807) is 24.3 Å². The summed E-state index contributed by atoms with van der Waals surface area (Å²) < 4.78 is 27.6. The quantitative estimate of drug-likeness (QED) is 0.884. The van der Waals surface area contributed by atoms with E-state index >= 15 is 0 Å². The Bertz CT molecular complexity index is 481. The van der Waals surface area contributed by atoms with Crippen molar-refractivity contribution in [3.05, 3.63) is 28.7 Å². The summed E-state index contributed by atoms with van der Waals surface area (Å²) >= 11 is 3.29. The third-order valence-corrected chi connectivity index (χ3v) is 5.02. The molecule has 1 aromatic carbocycles. The number of hydrogen-bond donors (Lipinski definition) is 2. The number of piperidine rings is 1. The first kappa shape index (κ1) is 14.0. The van der Waals surface area contributed by atoms with Gasteiger partial charge in [-0.05, 0) is 43.7 Å². The van der Waals surface area contributed by atoms with Gasteiger partial charge in [-0.25, -0.2) is 13.1 Å². The van der Waals surface area contributed by atoms with Gasteiger partial charge in [0.1, 0.15) is 0 Å². The van der Waals surface area contributed by atoms with Gasteiger partial charge in [0.2, 0.25) is 10.0 Å². The van der Waals surface area contributed by atoms with Crippen molar-refractivity contribution in [2.24, 2.45) is 0 Å². The van der Waals surface area contributed by atoms with Gasteiger partial charge in [0.25, 0.3) is 0 Å². The zero-order chi connectivity index (χ0) is 13.0. The molecule has 1 fully saturated rings. The number of halogens is 1. The molecule has 2 N–H and O–H groups in total. The van der Waals surface area contributed by atoms with Gasteiger partial charge in [0.05, 0.1) is 4.90 Å². The van der Waals surface area contributed by atoms with Gasteiger partial charge in [-0.3, -0.25) is 0 Å². The van der Waals surface area contributed by atoms with Gasteiger partial charge in [0, 0.05) is 17.1 Å². The monoisotopic (exact) mass is 332 g/mol.